The lowest BCUT2D eigenvalue weighted by Gasteiger charge is -2.41. The summed E-state index contributed by atoms with van der Waals surface area (Å²) in [6.07, 6.45) is 0.788. The zero-order valence-electron chi connectivity index (χ0n) is 16.8. The topological polar surface area (TPSA) is 76.8 Å². The first-order valence-corrected chi connectivity index (χ1v) is 9.64. The number of carbonyl (C=O) groups is 2. The van der Waals surface area contributed by atoms with Gasteiger partial charge in [0.15, 0.2) is 5.78 Å². The van der Waals surface area contributed by atoms with Crippen LogP contribution in [0.15, 0.2) is 50.9 Å². The Balaban J connectivity index is 1.96. The van der Waals surface area contributed by atoms with E-state index in [9.17, 15) is 14.4 Å². The molecular formula is C23H21NO5. The number of ketones is 1. The summed E-state index contributed by atoms with van der Waals surface area (Å²) in [5.41, 5.74) is -0.808. The van der Waals surface area contributed by atoms with Crippen molar-refractivity contribution >= 4 is 17.4 Å². The fourth-order valence-corrected chi connectivity index (χ4v) is 5.07. The molecule has 6 nitrogen and oxygen atoms in total. The number of amides is 1. The maximum Gasteiger partial charge on any atom is 0.344 e. The number of rotatable bonds is 0. The highest BCUT2D eigenvalue weighted by atomic mass is 16.5. The molecule has 1 atom stereocenters. The molecule has 1 amide bonds. The van der Waals surface area contributed by atoms with Gasteiger partial charge in [-0.1, -0.05) is 32.0 Å². The first-order chi connectivity index (χ1) is 13.7. The van der Waals surface area contributed by atoms with Crippen LogP contribution in [-0.4, -0.2) is 18.7 Å². The molecule has 0 N–H and O–H groups in total. The molecule has 148 valence electrons. The lowest BCUT2D eigenvalue weighted by Crippen LogP contribution is -2.51. The van der Waals surface area contributed by atoms with Crippen molar-refractivity contribution in [3.8, 4) is 5.75 Å². The first-order valence-electron chi connectivity index (χ1n) is 9.64. The number of fused-ring (bicyclic) bond motifs is 5. The van der Waals surface area contributed by atoms with E-state index in [0.717, 1.165) is 0 Å². The molecule has 5 rings (SSSR count). The second kappa shape index (κ2) is 5.47. The van der Waals surface area contributed by atoms with Crippen molar-refractivity contribution in [1.29, 1.82) is 0 Å². The van der Waals surface area contributed by atoms with Gasteiger partial charge >= 0.3 is 5.63 Å². The Hall–Kier alpha value is -3.15. The van der Waals surface area contributed by atoms with Crippen LogP contribution in [0, 0.1) is 12.3 Å². The predicted octanol–water partition coefficient (Wildman–Crippen LogP) is 3.25. The number of para-hydroxylation sites is 1. The number of carbonyl (C=O) groups excluding carboxylic acids is 2. The summed E-state index contributed by atoms with van der Waals surface area (Å²) in [5, 5.41) is 0. The summed E-state index contributed by atoms with van der Waals surface area (Å²) in [4.78, 5) is 41.8. The van der Waals surface area contributed by atoms with Crippen molar-refractivity contribution in [3.63, 3.8) is 0 Å². The minimum atomic E-state index is -1.53. The Morgan fingerprint density at radius 2 is 1.79 bits per heavy atom. The van der Waals surface area contributed by atoms with E-state index in [-0.39, 0.29) is 34.7 Å². The molecule has 0 bridgehead atoms. The van der Waals surface area contributed by atoms with Crippen LogP contribution in [0.4, 0.5) is 5.69 Å². The molecule has 1 spiro atoms. The summed E-state index contributed by atoms with van der Waals surface area (Å²) in [7, 11) is 1.67. The fourth-order valence-electron chi connectivity index (χ4n) is 5.07. The predicted molar refractivity (Wildman–Crippen MR) is 106 cm³/mol. The third-order valence-electron chi connectivity index (χ3n) is 6.15. The highest BCUT2D eigenvalue weighted by Crippen LogP contribution is 2.57. The number of allylic oxidation sites excluding steroid dienone is 1. The summed E-state index contributed by atoms with van der Waals surface area (Å²) in [6.45, 7) is 5.66. The summed E-state index contributed by atoms with van der Waals surface area (Å²) < 4.78 is 11.5. The van der Waals surface area contributed by atoms with E-state index in [1.807, 2.05) is 38.1 Å². The average molecular weight is 391 g/mol. The highest BCUT2D eigenvalue weighted by Gasteiger charge is 2.62. The van der Waals surface area contributed by atoms with Gasteiger partial charge in [0, 0.05) is 37.2 Å². The quantitative estimate of drug-likeness (QED) is 0.689. The van der Waals surface area contributed by atoms with E-state index < -0.39 is 11.0 Å². The molecule has 3 heterocycles. The van der Waals surface area contributed by atoms with Crippen LogP contribution in [0.2, 0.25) is 0 Å². The number of ether oxygens (including phenoxy) is 1. The van der Waals surface area contributed by atoms with Crippen molar-refractivity contribution in [2.75, 3.05) is 11.9 Å². The van der Waals surface area contributed by atoms with Crippen molar-refractivity contribution < 1.29 is 18.7 Å². The van der Waals surface area contributed by atoms with Crippen LogP contribution in [0.25, 0.3) is 0 Å². The molecule has 1 aromatic carbocycles. The van der Waals surface area contributed by atoms with E-state index in [1.165, 1.54) is 4.90 Å². The average Bonchev–Trinajstić information content (AvgIpc) is 2.83. The van der Waals surface area contributed by atoms with Crippen LogP contribution >= 0.6 is 0 Å². The maximum atomic E-state index is 13.8. The van der Waals surface area contributed by atoms with Gasteiger partial charge in [-0.25, -0.2) is 4.79 Å². The summed E-state index contributed by atoms with van der Waals surface area (Å²) >= 11 is 0. The minimum absolute atomic E-state index is 0.0942. The van der Waals surface area contributed by atoms with Gasteiger partial charge in [-0.05, 0) is 18.4 Å². The number of benzene rings is 1. The smallest absolute Gasteiger partial charge is 0.344 e. The molecule has 0 saturated heterocycles. The largest absolute Gasteiger partial charge is 0.460 e. The molecule has 1 aliphatic carbocycles. The number of likely N-dealkylation sites (N-methyl/N-ethyl adjacent to an activating group) is 1. The van der Waals surface area contributed by atoms with Crippen LogP contribution in [0.5, 0.6) is 5.75 Å². The third kappa shape index (κ3) is 2.14. The van der Waals surface area contributed by atoms with Crippen LogP contribution in [0.1, 0.15) is 43.6 Å². The number of Topliss-reactive ketones (excluding diaryl/α,β-unsaturated/α-hetero) is 1. The number of aryl methyl sites for hydroxylation is 1. The van der Waals surface area contributed by atoms with E-state index in [1.54, 1.807) is 20.0 Å². The molecule has 2 aromatic rings. The molecular weight excluding hydrogens is 370 g/mol. The van der Waals surface area contributed by atoms with Gasteiger partial charge in [-0.2, -0.15) is 0 Å². The molecule has 0 radical (unpaired) electrons. The van der Waals surface area contributed by atoms with E-state index >= 15 is 0 Å². The Morgan fingerprint density at radius 3 is 2.55 bits per heavy atom. The zero-order valence-corrected chi connectivity index (χ0v) is 16.8. The van der Waals surface area contributed by atoms with Gasteiger partial charge in [0.1, 0.15) is 28.2 Å². The van der Waals surface area contributed by atoms with Gasteiger partial charge in [-0.3, -0.25) is 9.59 Å². The second-order valence-corrected chi connectivity index (χ2v) is 8.86. The number of hydrogen-bond acceptors (Lipinski definition) is 5. The first kappa shape index (κ1) is 17.9. The number of nitrogens with zero attached hydrogens (tertiary/aromatic N) is 1. The molecule has 1 aromatic heterocycles. The second-order valence-electron chi connectivity index (χ2n) is 8.86. The van der Waals surface area contributed by atoms with E-state index in [0.29, 0.717) is 34.9 Å². The lowest BCUT2D eigenvalue weighted by atomic mass is 9.62. The maximum absolute atomic E-state index is 13.8. The van der Waals surface area contributed by atoms with Crippen molar-refractivity contribution in [1.82, 2.24) is 0 Å². The van der Waals surface area contributed by atoms with Gasteiger partial charge in [0.05, 0.1) is 5.57 Å². The molecule has 2 aliphatic heterocycles. The highest BCUT2D eigenvalue weighted by molar-refractivity contribution is 6.19. The normalized spacial score (nSPS) is 24.3. The third-order valence-corrected chi connectivity index (χ3v) is 6.15. The fraction of sp³-hybridized carbons (Fsp3) is 0.348. The van der Waals surface area contributed by atoms with Gasteiger partial charge in [0.25, 0.3) is 0 Å². The minimum Gasteiger partial charge on any atom is -0.460 e. The number of hydrogen-bond donors (Lipinski definition) is 0. The molecule has 3 aliphatic rings. The Kier molecular flexibility index (Phi) is 3.38. The van der Waals surface area contributed by atoms with Crippen molar-refractivity contribution in [2.45, 2.75) is 39.0 Å². The Labute approximate surface area is 167 Å². The molecule has 0 fully saturated rings. The zero-order chi connectivity index (χ0) is 20.7. The molecule has 6 heteroatoms. The molecule has 0 saturated carbocycles. The van der Waals surface area contributed by atoms with Crippen LogP contribution in [0.3, 0.4) is 0 Å². The van der Waals surface area contributed by atoms with Crippen LogP contribution in [-0.2, 0) is 15.0 Å². The lowest BCUT2D eigenvalue weighted by molar-refractivity contribution is -0.125. The Morgan fingerprint density at radius 1 is 1.07 bits per heavy atom. The SMILES string of the molecule is Cc1cc2c(c(=O)o1)[C@@]1(C(=O)N(C)c3ccccc31)C1=C(CC(C)(C)CC1=O)O2. The van der Waals surface area contributed by atoms with Crippen molar-refractivity contribution in [3.05, 3.63) is 69.0 Å². The molecule has 0 unspecified atom stereocenters. The standard InChI is InChI=1S/C23H21NO5/c1-12-9-16-19(20(26)28-12)23(13-7-5-6-8-14(13)24(4)21(23)27)18-15(25)10-22(2,3)11-17(18)29-16/h5-9H,10-11H2,1-4H3/t23-/m0/s1. The van der Waals surface area contributed by atoms with E-state index in [2.05, 4.69) is 0 Å². The number of anilines is 1. The van der Waals surface area contributed by atoms with Crippen molar-refractivity contribution in [2.24, 2.45) is 5.41 Å². The van der Waals surface area contributed by atoms with Crippen LogP contribution < -0.4 is 15.3 Å². The van der Waals surface area contributed by atoms with E-state index in [4.69, 9.17) is 9.15 Å². The monoisotopic (exact) mass is 391 g/mol. The molecule has 29 heavy (non-hydrogen) atoms. The van der Waals surface area contributed by atoms with Gasteiger partial charge in [0.2, 0.25) is 5.91 Å². The summed E-state index contributed by atoms with van der Waals surface area (Å²) in [6, 6.07) is 8.91. The summed E-state index contributed by atoms with van der Waals surface area (Å²) in [5.74, 6) is 0.658. The van der Waals surface area contributed by atoms with Gasteiger partial charge < -0.3 is 14.1 Å². The Bertz CT molecular complexity index is 1200. The van der Waals surface area contributed by atoms with Gasteiger partial charge in [-0.15, -0.1) is 0 Å².